The van der Waals surface area contributed by atoms with Crippen LogP contribution in [0.25, 0.3) is 67.5 Å². The number of rotatable bonds is 6. The highest BCUT2D eigenvalue weighted by atomic mass is 19.1. The molecule has 0 aliphatic carbocycles. The van der Waals surface area contributed by atoms with Crippen molar-refractivity contribution in [3.63, 3.8) is 0 Å². The first-order valence-electron chi connectivity index (χ1n) is 41.0. The lowest BCUT2D eigenvalue weighted by Gasteiger charge is -2.33. The molecule has 624 valence electrons. The largest absolute Gasteiger partial charge is 0.393 e. The summed E-state index contributed by atoms with van der Waals surface area (Å²) in [5, 5.41) is 61.7. The number of nitrogens with zero attached hydrogens (tertiary/aromatic N) is 12. The number of benzene rings is 6. The SMILES string of the molecule is O[C@@H]1CCOCC1[C@H]1c2cc(F)ccc2-c2cncn21.O[C@@H]1CCOC[C@H]1[C@@H]1c2cc(F)ccc2-c2cncn21.O[C@@H]1CCOC[C@H]1[C@@H]1c2cc(F)ccc2-c2cncn21.O[C@H]1CCOCC1[C@@H]1c2cc(F)ccc2-c2cncn21.O[C@H]1CCOC[C@@H]1[C@H]1c2cc(F)ccc2-c2cncn21.O[C@H]1CCOC[C@@H]1[C@H]1c2cc(F)ccc2-c2cncn21. The molecular weight excluding hydrogens is 1560 g/mol. The van der Waals surface area contributed by atoms with Gasteiger partial charge in [0.2, 0.25) is 0 Å². The summed E-state index contributed by atoms with van der Waals surface area (Å²) in [5.41, 5.74) is 17.3. The number of fused-ring (bicyclic) bond motifs is 18. The van der Waals surface area contributed by atoms with Gasteiger partial charge in [0.15, 0.2) is 0 Å². The van der Waals surface area contributed by atoms with Gasteiger partial charge in [-0.1, -0.05) is 0 Å². The summed E-state index contributed by atoms with van der Waals surface area (Å²) >= 11 is 0. The zero-order chi connectivity index (χ0) is 82.1. The molecule has 30 heteroatoms. The summed E-state index contributed by atoms with van der Waals surface area (Å²) in [6.45, 7) is 6.40. The van der Waals surface area contributed by atoms with Crippen LogP contribution in [0.4, 0.5) is 26.3 Å². The molecule has 6 saturated heterocycles. The van der Waals surface area contributed by atoms with Crippen molar-refractivity contribution in [1.82, 2.24) is 57.3 Å². The van der Waals surface area contributed by atoms with E-state index in [9.17, 15) is 57.0 Å². The number of hydrogen-bond acceptors (Lipinski definition) is 18. The van der Waals surface area contributed by atoms with Crippen LogP contribution >= 0.6 is 0 Å². The molecule has 12 aliphatic rings. The van der Waals surface area contributed by atoms with E-state index in [-0.39, 0.29) is 107 Å². The first-order chi connectivity index (χ1) is 58.5. The Kier molecular flexibility index (Phi) is 22.2. The Labute approximate surface area is 685 Å². The van der Waals surface area contributed by atoms with Crippen LogP contribution in [0.15, 0.2) is 184 Å². The zero-order valence-electron chi connectivity index (χ0n) is 65.2. The third-order valence-electron chi connectivity index (χ3n) is 26.1. The monoisotopic (exact) mass is 1640 g/mol. The fourth-order valence-corrected chi connectivity index (χ4v) is 20.3. The van der Waals surface area contributed by atoms with E-state index in [1.165, 1.54) is 36.4 Å². The van der Waals surface area contributed by atoms with E-state index < -0.39 is 36.6 Å². The molecule has 6 aromatic carbocycles. The number of hydrogen-bond donors (Lipinski definition) is 6. The minimum Gasteiger partial charge on any atom is -0.393 e. The van der Waals surface area contributed by atoms with E-state index in [4.69, 9.17) is 28.4 Å². The first kappa shape index (κ1) is 79.5. The predicted molar refractivity (Wildman–Crippen MR) is 424 cm³/mol. The van der Waals surface area contributed by atoms with Gasteiger partial charge in [-0.2, -0.15) is 0 Å². The molecule has 120 heavy (non-hydrogen) atoms. The summed E-state index contributed by atoms with van der Waals surface area (Å²) in [6.07, 6.45) is 22.3. The zero-order valence-corrected chi connectivity index (χ0v) is 65.2. The summed E-state index contributed by atoms with van der Waals surface area (Å²) in [4.78, 5) is 25.1. The number of aliphatic hydroxyl groups is 6. The maximum Gasteiger partial charge on any atom is 0.123 e. The first-order valence-corrected chi connectivity index (χ1v) is 41.0. The number of halogens is 6. The Morgan fingerprint density at radius 3 is 0.525 bits per heavy atom. The number of aromatic nitrogens is 12. The van der Waals surface area contributed by atoms with Crippen LogP contribution in [0.1, 0.15) is 108 Å². The van der Waals surface area contributed by atoms with Crippen molar-refractivity contribution < 1.29 is 85.4 Å². The second-order valence-corrected chi connectivity index (χ2v) is 32.7. The highest BCUT2D eigenvalue weighted by Crippen LogP contribution is 2.52. The van der Waals surface area contributed by atoms with Crippen molar-refractivity contribution in [2.24, 2.45) is 35.5 Å². The standard InChI is InChI=1S/6C15H15FN2O2/c6*16-9-1-2-10-11(5-9)15(18-8-17-6-13(10)18)12-7-20-4-3-14(12)19/h6*1-2,5-6,8,12,14-15,19H,3-4,7H2/t2*12?,14-,15-;4*12-,14-,15+/m101100/s1. The number of imidazole rings is 6. The van der Waals surface area contributed by atoms with E-state index in [1.54, 1.807) is 148 Å². The lowest BCUT2D eigenvalue weighted by Crippen LogP contribution is -2.37. The average Bonchev–Trinajstić information content (AvgIpc) is 1.63. The van der Waals surface area contributed by atoms with Crippen molar-refractivity contribution >= 4 is 0 Å². The average molecular weight is 1650 g/mol. The summed E-state index contributed by atoms with van der Waals surface area (Å²) < 4.78 is 127. The smallest absolute Gasteiger partial charge is 0.123 e. The van der Waals surface area contributed by atoms with Crippen LogP contribution in [-0.4, -0.2) is 204 Å². The minimum atomic E-state index is -0.432. The lowest BCUT2D eigenvalue weighted by atomic mass is 9.86. The molecule has 12 aliphatic heterocycles. The molecule has 6 aromatic heterocycles. The Hall–Kier alpha value is -10.3. The van der Waals surface area contributed by atoms with Gasteiger partial charge in [-0.25, -0.2) is 56.2 Å². The van der Waals surface area contributed by atoms with Crippen molar-refractivity contribution in [3.8, 4) is 67.5 Å². The summed E-state index contributed by atoms with van der Waals surface area (Å²) in [6, 6.07) is 28.3. The van der Waals surface area contributed by atoms with Gasteiger partial charge in [-0.15, -0.1) is 0 Å². The normalized spacial score (nSPS) is 28.2. The molecule has 18 atom stereocenters. The van der Waals surface area contributed by atoms with Gasteiger partial charge in [-0.3, -0.25) is 0 Å². The Morgan fingerprint density at radius 1 is 0.233 bits per heavy atom. The molecule has 12 aromatic rings. The van der Waals surface area contributed by atoms with Gasteiger partial charge in [0.1, 0.15) is 34.9 Å². The third kappa shape index (κ3) is 14.6. The van der Waals surface area contributed by atoms with Crippen LogP contribution < -0.4 is 0 Å². The highest BCUT2D eigenvalue weighted by molar-refractivity contribution is 5.74. The van der Waals surface area contributed by atoms with E-state index in [0.29, 0.717) is 118 Å². The molecule has 0 amide bonds. The van der Waals surface area contributed by atoms with Gasteiger partial charge < -0.3 is 86.5 Å². The second-order valence-electron chi connectivity index (χ2n) is 32.7. The summed E-state index contributed by atoms with van der Waals surface area (Å²) in [7, 11) is 0. The van der Waals surface area contributed by atoms with E-state index >= 15 is 0 Å². The van der Waals surface area contributed by atoms with Crippen molar-refractivity contribution in [2.45, 2.75) is 111 Å². The van der Waals surface area contributed by atoms with Crippen LogP contribution in [0.3, 0.4) is 0 Å². The fraction of sp³-hybridized carbons (Fsp3) is 0.400. The lowest BCUT2D eigenvalue weighted by molar-refractivity contribution is -0.0484. The molecule has 0 spiro atoms. The van der Waals surface area contributed by atoms with Crippen molar-refractivity contribution in [1.29, 1.82) is 0 Å². The molecule has 2 unspecified atom stereocenters. The molecule has 6 fully saturated rings. The van der Waals surface area contributed by atoms with Crippen molar-refractivity contribution in [3.05, 3.63) is 253 Å². The van der Waals surface area contributed by atoms with Crippen LogP contribution in [-0.2, 0) is 28.4 Å². The van der Waals surface area contributed by atoms with Crippen molar-refractivity contribution in [2.75, 3.05) is 79.3 Å². The molecule has 0 saturated carbocycles. The van der Waals surface area contributed by atoms with Crippen LogP contribution in [0.2, 0.25) is 0 Å². The van der Waals surface area contributed by atoms with E-state index in [0.717, 1.165) is 101 Å². The van der Waals surface area contributed by atoms with Gasteiger partial charge in [0, 0.05) is 109 Å². The molecule has 6 N–H and O–H groups in total. The topological polar surface area (TPSA) is 284 Å². The molecule has 0 radical (unpaired) electrons. The maximum absolute atomic E-state index is 13.6. The molecule has 18 heterocycles. The van der Waals surface area contributed by atoms with Gasteiger partial charge >= 0.3 is 0 Å². The fourth-order valence-electron chi connectivity index (χ4n) is 20.3. The third-order valence-corrected chi connectivity index (χ3v) is 26.1. The Balaban J connectivity index is 0.0000000952. The maximum atomic E-state index is 13.6. The van der Waals surface area contributed by atoms with Crippen LogP contribution in [0, 0.1) is 70.4 Å². The highest BCUT2D eigenvalue weighted by Gasteiger charge is 2.47. The van der Waals surface area contributed by atoms with Gasteiger partial charge in [0.25, 0.3) is 0 Å². The predicted octanol–water partition coefficient (Wildman–Crippen LogP) is 11.9. The molecular formula is C90H90F6N12O12. The molecule has 0 bridgehead atoms. The minimum absolute atomic E-state index is 0.0697. The second kappa shape index (κ2) is 33.6. The number of ether oxygens (including phenoxy) is 6. The van der Waals surface area contributed by atoms with E-state index in [1.807, 2.05) is 27.4 Å². The Morgan fingerprint density at radius 2 is 0.383 bits per heavy atom. The molecule has 24 rings (SSSR count). The van der Waals surface area contributed by atoms with Crippen LogP contribution in [0.5, 0.6) is 0 Å². The molecule has 24 nitrogen and oxygen atoms in total. The quantitative estimate of drug-likeness (QED) is 0.0844. The van der Waals surface area contributed by atoms with Gasteiger partial charge in [0.05, 0.1) is 222 Å². The Bertz CT molecular complexity index is 4810. The van der Waals surface area contributed by atoms with E-state index in [2.05, 4.69) is 29.9 Å². The summed E-state index contributed by atoms with van der Waals surface area (Å²) in [5.74, 6) is -1.93. The number of aliphatic hydroxyl groups excluding tert-OH is 6. The van der Waals surface area contributed by atoms with Gasteiger partial charge in [-0.05, 0) is 181 Å².